The topological polar surface area (TPSA) is 53.4 Å². The smallest absolute Gasteiger partial charge is 0.253 e. The van der Waals surface area contributed by atoms with Crippen LogP contribution in [0.25, 0.3) is 10.2 Å². The zero-order valence-electron chi connectivity index (χ0n) is 13.4. The van der Waals surface area contributed by atoms with E-state index in [9.17, 15) is 9.90 Å². The van der Waals surface area contributed by atoms with Gasteiger partial charge in [-0.25, -0.2) is 4.98 Å². The van der Waals surface area contributed by atoms with Crippen LogP contribution in [-0.2, 0) is 0 Å². The highest BCUT2D eigenvalue weighted by atomic mass is 32.1. The summed E-state index contributed by atoms with van der Waals surface area (Å²) in [6.45, 7) is 3.33. The van der Waals surface area contributed by atoms with Gasteiger partial charge in [-0.2, -0.15) is 0 Å². The van der Waals surface area contributed by atoms with E-state index in [0.717, 1.165) is 40.1 Å². The number of hydrogen-bond acceptors (Lipinski definition) is 4. The Bertz CT molecular complexity index is 757. The maximum absolute atomic E-state index is 12.9. The van der Waals surface area contributed by atoms with Crippen molar-refractivity contribution in [1.29, 1.82) is 0 Å². The lowest BCUT2D eigenvalue weighted by atomic mass is 9.71. The van der Waals surface area contributed by atoms with Crippen molar-refractivity contribution in [1.82, 2.24) is 9.88 Å². The molecule has 2 aromatic rings. The van der Waals surface area contributed by atoms with Crippen LogP contribution in [-0.4, -0.2) is 39.6 Å². The van der Waals surface area contributed by atoms with Gasteiger partial charge in [0.15, 0.2) is 0 Å². The van der Waals surface area contributed by atoms with Crippen LogP contribution in [0.15, 0.2) is 18.2 Å². The molecule has 23 heavy (non-hydrogen) atoms. The quantitative estimate of drug-likeness (QED) is 0.872. The Balaban J connectivity index is 1.56. The number of thiazole rings is 1. The Morgan fingerprint density at radius 2 is 2.26 bits per heavy atom. The predicted molar refractivity (Wildman–Crippen MR) is 91.8 cm³/mol. The molecule has 0 spiro atoms. The van der Waals surface area contributed by atoms with Gasteiger partial charge in [-0.3, -0.25) is 4.79 Å². The van der Waals surface area contributed by atoms with Crippen molar-refractivity contribution in [3.63, 3.8) is 0 Å². The molecule has 4 nitrogen and oxygen atoms in total. The highest BCUT2D eigenvalue weighted by molar-refractivity contribution is 7.18. The van der Waals surface area contributed by atoms with E-state index in [-0.39, 0.29) is 11.8 Å². The van der Waals surface area contributed by atoms with Crippen LogP contribution in [0, 0.1) is 12.8 Å². The summed E-state index contributed by atoms with van der Waals surface area (Å²) < 4.78 is 1.07. The number of benzene rings is 1. The molecule has 1 N–H and O–H groups in total. The Labute approximate surface area is 140 Å². The van der Waals surface area contributed by atoms with Crippen LogP contribution in [0.5, 0.6) is 0 Å². The Morgan fingerprint density at radius 3 is 3.13 bits per heavy atom. The number of hydrogen-bond donors (Lipinski definition) is 1. The highest BCUT2D eigenvalue weighted by Gasteiger charge is 2.43. The molecule has 1 saturated carbocycles. The predicted octanol–water partition coefficient (Wildman–Crippen LogP) is 3.37. The molecule has 2 atom stereocenters. The van der Waals surface area contributed by atoms with Crippen molar-refractivity contribution in [3.8, 4) is 0 Å². The molecule has 2 aliphatic rings. The first-order valence-electron chi connectivity index (χ1n) is 8.44. The average molecular weight is 330 g/mol. The second kappa shape index (κ2) is 5.56. The number of piperidine rings is 1. The summed E-state index contributed by atoms with van der Waals surface area (Å²) in [6.07, 6.45) is 4.92. The SMILES string of the molecule is Cc1nc2ccc(C(=O)N3CC[C@]4(O)CCCC[C@@H]4C3)cc2s1. The molecule has 5 heteroatoms. The number of carbonyl (C=O) groups excluding carboxylic acids is 1. The van der Waals surface area contributed by atoms with Gasteiger partial charge in [0.1, 0.15) is 0 Å². The summed E-state index contributed by atoms with van der Waals surface area (Å²) >= 11 is 1.63. The lowest BCUT2D eigenvalue weighted by Crippen LogP contribution is -2.54. The molecule has 1 saturated heterocycles. The van der Waals surface area contributed by atoms with Gasteiger partial charge in [-0.15, -0.1) is 11.3 Å². The van der Waals surface area contributed by atoms with Crippen molar-refractivity contribution in [2.45, 2.75) is 44.6 Å². The Morgan fingerprint density at radius 1 is 1.39 bits per heavy atom. The maximum Gasteiger partial charge on any atom is 0.253 e. The molecule has 1 aliphatic carbocycles. The van der Waals surface area contributed by atoms with Crippen LogP contribution in [0.2, 0.25) is 0 Å². The zero-order valence-corrected chi connectivity index (χ0v) is 14.2. The summed E-state index contributed by atoms with van der Waals surface area (Å²) in [5.74, 6) is 0.328. The Hall–Kier alpha value is -1.46. The maximum atomic E-state index is 12.9. The molecule has 1 aromatic heterocycles. The largest absolute Gasteiger partial charge is 0.389 e. The van der Waals surface area contributed by atoms with Gasteiger partial charge >= 0.3 is 0 Å². The molecule has 4 rings (SSSR count). The number of carbonyl (C=O) groups is 1. The summed E-state index contributed by atoms with van der Waals surface area (Å²) in [5, 5.41) is 11.8. The zero-order chi connectivity index (χ0) is 16.0. The molecule has 2 fully saturated rings. The summed E-state index contributed by atoms with van der Waals surface area (Å²) in [7, 11) is 0. The van der Waals surface area contributed by atoms with Crippen LogP contribution in [0.1, 0.15) is 47.5 Å². The normalized spacial score (nSPS) is 27.9. The Kier molecular flexibility index (Phi) is 3.65. The first-order valence-corrected chi connectivity index (χ1v) is 9.26. The second-order valence-corrected chi connectivity index (χ2v) is 8.20. The number of likely N-dealkylation sites (tertiary alicyclic amines) is 1. The molecular weight excluding hydrogens is 308 g/mol. The van der Waals surface area contributed by atoms with Gasteiger partial charge in [-0.05, 0) is 44.4 Å². The van der Waals surface area contributed by atoms with Crippen molar-refractivity contribution in [3.05, 3.63) is 28.8 Å². The lowest BCUT2D eigenvalue weighted by Gasteiger charge is -2.47. The number of fused-ring (bicyclic) bond motifs is 2. The molecule has 0 radical (unpaired) electrons. The van der Waals surface area contributed by atoms with E-state index in [1.54, 1.807) is 11.3 Å². The number of aliphatic hydroxyl groups is 1. The standard InChI is InChI=1S/C18H22N2O2S/c1-12-19-15-6-5-13(10-16(15)23-12)17(21)20-9-8-18(22)7-3-2-4-14(18)11-20/h5-6,10,14,22H,2-4,7-9,11H2,1H3/t14-,18-/m1/s1. The summed E-state index contributed by atoms with van der Waals surface area (Å²) in [4.78, 5) is 19.2. The van der Waals surface area contributed by atoms with Gasteiger partial charge in [0.05, 0.1) is 20.8 Å². The minimum Gasteiger partial charge on any atom is -0.389 e. The van der Waals surface area contributed by atoms with Crippen molar-refractivity contribution >= 4 is 27.5 Å². The van der Waals surface area contributed by atoms with Gasteiger partial charge in [-0.1, -0.05) is 12.8 Å². The third kappa shape index (κ3) is 2.66. The van der Waals surface area contributed by atoms with E-state index in [0.29, 0.717) is 19.5 Å². The highest BCUT2D eigenvalue weighted by Crippen LogP contribution is 2.40. The molecule has 0 unspecified atom stereocenters. The van der Waals surface area contributed by atoms with Crippen molar-refractivity contribution in [2.75, 3.05) is 13.1 Å². The van der Waals surface area contributed by atoms with E-state index in [1.165, 1.54) is 6.42 Å². The lowest BCUT2D eigenvalue weighted by molar-refractivity contribution is -0.0886. The van der Waals surface area contributed by atoms with Gasteiger partial charge in [0, 0.05) is 24.6 Å². The molecule has 122 valence electrons. The van der Waals surface area contributed by atoms with Crippen LogP contribution in [0.4, 0.5) is 0 Å². The van der Waals surface area contributed by atoms with Crippen LogP contribution < -0.4 is 0 Å². The average Bonchev–Trinajstić information content (AvgIpc) is 2.92. The fourth-order valence-electron chi connectivity index (χ4n) is 4.11. The molecule has 2 heterocycles. The number of rotatable bonds is 1. The summed E-state index contributed by atoms with van der Waals surface area (Å²) in [6, 6.07) is 5.78. The number of aryl methyl sites for hydroxylation is 1. The number of nitrogens with zero attached hydrogens (tertiary/aromatic N) is 2. The summed E-state index contributed by atoms with van der Waals surface area (Å²) in [5.41, 5.74) is 1.17. The van der Waals surface area contributed by atoms with E-state index in [2.05, 4.69) is 4.98 Å². The minimum atomic E-state index is -0.534. The van der Waals surface area contributed by atoms with Crippen molar-refractivity contribution in [2.24, 2.45) is 5.92 Å². The van der Waals surface area contributed by atoms with Crippen LogP contribution in [0.3, 0.4) is 0 Å². The number of aromatic nitrogens is 1. The molecule has 1 aliphatic heterocycles. The van der Waals surface area contributed by atoms with Gasteiger partial charge in [0.25, 0.3) is 5.91 Å². The minimum absolute atomic E-state index is 0.0885. The molecular formula is C18H22N2O2S. The fraction of sp³-hybridized carbons (Fsp3) is 0.556. The number of amides is 1. The molecule has 1 amide bonds. The molecule has 1 aromatic carbocycles. The third-order valence-corrected chi connectivity index (χ3v) is 6.39. The van der Waals surface area contributed by atoms with Crippen molar-refractivity contribution < 1.29 is 9.90 Å². The van der Waals surface area contributed by atoms with E-state index < -0.39 is 5.60 Å². The molecule has 0 bridgehead atoms. The van der Waals surface area contributed by atoms with Gasteiger partial charge in [0.2, 0.25) is 0 Å². The monoisotopic (exact) mass is 330 g/mol. The van der Waals surface area contributed by atoms with Crippen LogP contribution >= 0.6 is 11.3 Å². The fourth-order valence-corrected chi connectivity index (χ4v) is 4.98. The second-order valence-electron chi connectivity index (χ2n) is 6.96. The van der Waals surface area contributed by atoms with E-state index >= 15 is 0 Å². The van der Waals surface area contributed by atoms with E-state index in [1.807, 2.05) is 30.0 Å². The van der Waals surface area contributed by atoms with E-state index in [4.69, 9.17) is 0 Å². The van der Waals surface area contributed by atoms with Gasteiger partial charge < -0.3 is 10.0 Å². The first-order chi connectivity index (χ1) is 11.0. The third-order valence-electron chi connectivity index (χ3n) is 5.46. The first kappa shape index (κ1) is 15.1.